The Morgan fingerprint density at radius 1 is 1.31 bits per heavy atom. The van der Waals surface area contributed by atoms with E-state index in [2.05, 4.69) is 0 Å². The second kappa shape index (κ2) is 4.65. The van der Waals surface area contributed by atoms with Crippen molar-refractivity contribution >= 4 is 22.9 Å². The van der Waals surface area contributed by atoms with Gasteiger partial charge in [0.25, 0.3) is 0 Å². The van der Waals surface area contributed by atoms with Gasteiger partial charge in [-0.2, -0.15) is 13.2 Å². The summed E-state index contributed by atoms with van der Waals surface area (Å²) >= 11 is 4.94. The molecule has 0 aliphatic carbocycles. The van der Waals surface area contributed by atoms with E-state index in [0.29, 0.717) is 6.07 Å². The summed E-state index contributed by atoms with van der Waals surface area (Å²) in [5, 5.41) is -0.892. The molecule has 1 aromatic carbocycles. The largest absolute Gasteiger partial charge is 0.419 e. The molecule has 0 amide bonds. The van der Waals surface area contributed by atoms with E-state index in [9.17, 15) is 22.4 Å². The van der Waals surface area contributed by atoms with Gasteiger partial charge < -0.3 is 0 Å². The predicted octanol–water partition coefficient (Wildman–Crippen LogP) is 3.62. The molecule has 0 saturated carbocycles. The average molecular weight is 253 g/mol. The van der Waals surface area contributed by atoms with Crippen molar-refractivity contribution < 1.29 is 22.4 Å². The van der Waals surface area contributed by atoms with Crippen molar-refractivity contribution in [2.75, 3.05) is 0 Å². The van der Waals surface area contributed by atoms with Crippen LogP contribution in [0.15, 0.2) is 24.3 Å². The normalized spacial score (nSPS) is 12.1. The highest BCUT2D eigenvalue weighted by Gasteiger charge is 2.34. The SMILES string of the molecule is O=C(Cl)/C=C/c1cccc(C(F)(F)F)c1F. The van der Waals surface area contributed by atoms with Crippen LogP contribution in [0.3, 0.4) is 0 Å². The number of rotatable bonds is 2. The smallest absolute Gasteiger partial charge is 0.276 e. The lowest BCUT2D eigenvalue weighted by Crippen LogP contribution is -2.08. The van der Waals surface area contributed by atoms with Gasteiger partial charge in [-0.15, -0.1) is 0 Å². The van der Waals surface area contributed by atoms with E-state index in [0.717, 1.165) is 24.3 Å². The molecule has 0 aromatic heterocycles. The molecule has 1 rings (SSSR count). The van der Waals surface area contributed by atoms with Gasteiger partial charge in [0.1, 0.15) is 5.82 Å². The molecule has 0 atom stereocenters. The third-order valence-electron chi connectivity index (χ3n) is 1.73. The second-order valence-corrected chi connectivity index (χ2v) is 3.22. The van der Waals surface area contributed by atoms with Gasteiger partial charge in [0, 0.05) is 5.56 Å². The van der Waals surface area contributed by atoms with Crippen LogP contribution in [0, 0.1) is 5.82 Å². The molecule has 0 spiro atoms. The summed E-state index contributed by atoms with van der Waals surface area (Å²) in [5.41, 5.74) is -1.72. The summed E-state index contributed by atoms with van der Waals surface area (Å²) in [5.74, 6) is -1.43. The number of halogens is 5. The van der Waals surface area contributed by atoms with E-state index >= 15 is 0 Å². The van der Waals surface area contributed by atoms with Crippen molar-refractivity contribution in [3.8, 4) is 0 Å². The first kappa shape index (κ1) is 12.7. The molecular formula is C10H5ClF4O. The van der Waals surface area contributed by atoms with E-state index < -0.39 is 22.8 Å². The molecule has 0 bridgehead atoms. The second-order valence-electron chi connectivity index (χ2n) is 2.84. The molecule has 0 N–H and O–H groups in total. The van der Waals surface area contributed by atoms with Crippen molar-refractivity contribution in [2.24, 2.45) is 0 Å². The van der Waals surface area contributed by atoms with Crippen LogP contribution in [0.1, 0.15) is 11.1 Å². The highest BCUT2D eigenvalue weighted by Crippen LogP contribution is 2.32. The van der Waals surface area contributed by atoms with Gasteiger partial charge in [0.05, 0.1) is 5.56 Å². The number of carbonyl (C=O) groups excluding carboxylic acids is 1. The number of carbonyl (C=O) groups is 1. The van der Waals surface area contributed by atoms with Crippen molar-refractivity contribution in [1.82, 2.24) is 0 Å². The maximum atomic E-state index is 13.3. The molecule has 1 nitrogen and oxygen atoms in total. The van der Waals surface area contributed by atoms with E-state index in [1.165, 1.54) is 0 Å². The number of hydrogen-bond acceptors (Lipinski definition) is 1. The minimum absolute atomic E-state index is 0.344. The quantitative estimate of drug-likeness (QED) is 0.446. The summed E-state index contributed by atoms with van der Waals surface area (Å²) in [7, 11) is 0. The summed E-state index contributed by atoms with van der Waals surface area (Å²) < 4.78 is 50.1. The summed E-state index contributed by atoms with van der Waals surface area (Å²) in [6.07, 6.45) is -3.10. The molecule has 6 heteroatoms. The lowest BCUT2D eigenvalue weighted by atomic mass is 10.1. The number of alkyl halides is 3. The first-order chi connectivity index (χ1) is 7.32. The zero-order chi connectivity index (χ0) is 12.3. The zero-order valence-electron chi connectivity index (χ0n) is 7.68. The minimum atomic E-state index is -4.76. The summed E-state index contributed by atoms with van der Waals surface area (Å²) in [6.45, 7) is 0. The number of allylic oxidation sites excluding steroid dienone is 1. The Balaban J connectivity index is 3.19. The Morgan fingerprint density at radius 3 is 2.44 bits per heavy atom. The van der Waals surface area contributed by atoms with E-state index in [1.54, 1.807) is 0 Å². The topological polar surface area (TPSA) is 17.1 Å². The molecule has 0 radical (unpaired) electrons. The molecule has 0 aliphatic heterocycles. The Kier molecular flexibility index (Phi) is 3.70. The van der Waals surface area contributed by atoms with Gasteiger partial charge in [-0.3, -0.25) is 4.79 Å². The van der Waals surface area contributed by atoms with Gasteiger partial charge in [-0.25, -0.2) is 4.39 Å². The Morgan fingerprint density at radius 2 is 1.94 bits per heavy atom. The molecule has 86 valence electrons. The third kappa shape index (κ3) is 3.06. The summed E-state index contributed by atoms with van der Waals surface area (Å²) in [6, 6.07) is 2.78. The molecule has 0 saturated heterocycles. The van der Waals surface area contributed by atoms with Crippen molar-refractivity contribution in [3.05, 3.63) is 41.2 Å². The van der Waals surface area contributed by atoms with Gasteiger partial charge >= 0.3 is 6.18 Å². The van der Waals surface area contributed by atoms with Crippen molar-refractivity contribution in [1.29, 1.82) is 0 Å². The average Bonchev–Trinajstić information content (AvgIpc) is 2.14. The molecule has 0 unspecified atom stereocenters. The maximum Gasteiger partial charge on any atom is 0.419 e. The predicted molar refractivity (Wildman–Crippen MR) is 51.3 cm³/mol. The first-order valence-corrected chi connectivity index (χ1v) is 4.43. The fourth-order valence-electron chi connectivity index (χ4n) is 1.05. The van der Waals surface area contributed by atoms with Gasteiger partial charge in [-0.1, -0.05) is 12.1 Å². The van der Waals surface area contributed by atoms with Gasteiger partial charge in [-0.05, 0) is 29.8 Å². The molecule has 0 fully saturated rings. The van der Waals surface area contributed by atoms with Crippen molar-refractivity contribution in [2.45, 2.75) is 6.18 Å². The van der Waals surface area contributed by atoms with Gasteiger partial charge in [0.2, 0.25) is 5.24 Å². The number of hydrogen-bond donors (Lipinski definition) is 0. The van der Waals surface area contributed by atoms with Gasteiger partial charge in [0.15, 0.2) is 0 Å². The monoisotopic (exact) mass is 252 g/mol. The summed E-state index contributed by atoms with van der Waals surface area (Å²) in [4.78, 5) is 10.3. The Hall–Kier alpha value is -1.36. The van der Waals surface area contributed by atoms with Crippen molar-refractivity contribution in [3.63, 3.8) is 0 Å². The fourth-order valence-corrected chi connectivity index (χ4v) is 1.12. The lowest BCUT2D eigenvalue weighted by Gasteiger charge is -2.08. The van der Waals surface area contributed by atoms with Crippen LogP contribution < -0.4 is 0 Å². The van der Waals surface area contributed by atoms with Crippen LogP contribution in [0.25, 0.3) is 6.08 Å². The minimum Gasteiger partial charge on any atom is -0.276 e. The molecular weight excluding hydrogens is 248 g/mol. The van der Waals surface area contributed by atoms with Crippen LogP contribution in [-0.4, -0.2) is 5.24 Å². The maximum absolute atomic E-state index is 13.3. The molecule has 1 aromatic rings. The first-order valence-electron chi connectivity index (χ1n) is 4.05. The van der Waals surface area contributed by atoms with E-state index in [-0.39, 0.29) is 5.56 Å². The van der Waals surface area contributed by atoms with Crippen LogP contribution >= 0.6 is 11.6 Å². The van der Waals surface area contributed by atoms with Crippen LogP contribution in [-0.2, 0) is 11.0 Å². The zero-order valence-corrected chi connectivity index (χ0v) is 8.44. The highest BCUT2D eigenvalue weighted by molar-refractivity contribution is 6.66. The molecule has 16 heavy (non-hydrogen) atoms. The van der Waals surface area contributed by atoms with E-state index in [1.807, 2.05) is 0 Å². The molecule has 0 aliphatic rings. The van der Waals surface area contributed by atoms with Crippen LogP contribution in [0.2, 0.25) is 0 Å². The number of benzene rings is 1. The Bertz CT molecular complexity index is 437. The lowest BCUT2D eigenvalue weighted by molar-refractivity contribution is -0.140. The fraction of sp³-hybridized carbons (Fsp3) is 0.100. The van der Waals surface area contributed by atoms with Crippen LogP contribution in [0.5, 0.6) is 0 Å². The third-order valence-corrected chi connectivity index (χ3v) is 1.85. The molecule has 0 heterocycles. The van der Waals surface area contributed by atoms with E-state index in [4.69, 9.17) is 11.6 Å². The standard InChI is InChI=1S/C10H5ClF4O/c11-8(16)5-4-6-2-1-3-7(9(6)12)10(13,14)15/h1-5H/b5-4+. The van der Waals surface area contributed by atoms with Crippen LogP contribution in [0.4, 0.5) is 17.6 Å². The Labute approximate surface area is 93.3 Å². The highest BCUT2D eigenvalue weighted by atomic mass is 35.5.